The Morgan fingerprint density at radius 3 is 2.80 bits per heavy atom. The molecule has 20 heavy (non-hydrogen) atoms. The molecule has 1 fully saturated rings. The topological polar surface area (TPSA) is 3.24 Å². The molecule has 110 valence electrons. The smallest absolute Gasteiger partial charge is 0.00161 e. The summed E-state index contributed by atoms with van der Waals surface area (Å²) < 4.78 is 0. The van der Waals surface area contributed by atoms with Crippen LogP contribution in [0.5, 0.6) is 0 Å². The van der Waals surface area contributed by atoms with Crippen LogP contribution in [0.4, 0.5) is 0 Å². The summed E-state index contributed by atoms with van der Waals surface area (Å²) in [7, 11) is 0. The highest BCUT2D eigenvalue weighted by Crippen LogP contribution is 2.28. The zero-order valence-corrected chi connectivity index (χ0v) is 13.0. The number of likely N-dealkylation sites (tertiary alicyclic amines) is 1. The van der Waals surface area contributed by atoms with Crippen molar-refractivity contribution in [3.63, 3.8) is 0 Å². The second-order valence-electron chi connectivity index (χ2n) is 6.73. The Bertz CT molecular complexity index is 429. The standard InChI is InChI=1S/C19H29N/c1-2-13-20-14-11-16(12-15-20)9-10-18-6-3-5-17-7-4-8-19(17)18/h3,5-6,16H,2,4,7-15H2,1H3. The Hall–Kier alpha value is -0.820. The van der Waals surface area contributed by atoms with E-state index in [1.807, 2.05) is 0 Å². The lowest BCUT2D eigenvalue weighted by Crippen LogP contribution is -2.34. The van der Waals surface area contributed by atoms with Crippen LogP contribution in [-0.2, 0) is 19.3 Å². The van der Waals surface area contributed by atoms with Crippen LogP contribution >= 0.6 is 0 Å². The van der Waals surface area contributed by atoms with E-state index in [2.05, 4.69) is 30.0 Å². The van der Waals surface area contributed by atoms with Crippen molar-refractivity contribution < 1.29 is 0 Å². The molecule has 0 unspecified atom stereocenters. The van der Waals surface area contributed by atoms with E-state index in [0.29, 0.717) is 0 Å². The van der Waals surface area contributed by atoms with Crippen molar-refractivity contribution in [2.75, 3.05) is 19.6 Å². The first-order valence-corrected chi connectivity index (χ1v) is 8.69. The number of hydrogen-bond acceptors (Lipinski definition) is 1. The molecule has 1 aliphatic heterocycles. The minimum atomic E-state index is 0.973. The van der Waals surface area contributed by atoms with Gasteiger partial charge in [0.05, 0.1) is 0 Å². The minimum Gasteiger partial charge on any atom is -0.303 e. The molecule has 0 atom stereocenters. The molecule has 1 saturated heterocycles. The normalized spacial score (nSPS) is 20.2. The predicted molar refractivity (Wildman–Crippen MR) is 86.2 cm³/mol. The molecule has 2 aliphatic rings. The molecule has 0 aromatic heterocycles. The maximum atomic E-state index is 2.65. The van der Waals surface area contributed by atoms with Gasteiger partial charge in [0.2, 0.25) is 0 Å². The molecular weight excluding hydrogens is 242 g/mol. The fourth-order valence-corrected chi connectivity index (χ4v) is 4.11. The summed E-state index contributed by atoms with van der Waals surface area (Å²) in [5.74, 6) is 0.973. The molecule has 3 rings (SSSR count). The zero-order valence-electron chi connectivity index (χ0n) is 13.0. The number of aryl methyl sites for hydroxylation is 2. The van der Waals surface area contributed by atoms with Crippen LogP contribution in [0.2, 0.25) is 0 Å². The molecular formula is C19H29N. The van der Waals surface area contributed by atoms with Gasteiger partial charge in [0.15, 0.2) is 0 Å². The van der Waals surface area contributed by atoms with Crippen molar-refractivity contribution in [2.45, 2.75) is 58.3 Å². The van der Waals surface area contributed by atoms with Gasteiger partial charge in [0.25, 0.3) is 0 Å². The van der Waals surface area contributed by atoms with E-state index in [1.54, 1.807) is 16.7 Å². The van der Waals surface area contributed by atoms with E-state index < -0.39 is 0 Å². The zero-order chi connectivity index (χ0) is 13.8. The number of fused-ring (bicyclic) bond motifs is 1. The Balaban J connectivity index is 1.50. The van der Waals surface area contributed by atoms with Crippen LogP contribution in [-0.4, -0.2) is 24.5 Å². The first-order chi connectivity index (χ1) is 9.86. The van der Waals surface area contributed by atoms with Gasteiger partial charge in [-0.2, -0.15) is 0 Å². The van der Waals surface area contributed by atoms with Gasteiger partial charge in [-0.25, -0.2) is 0 Å². The van der Waals surface area contributed by atoms with Gasteiger partial charge in [-0.15, -0.1) is 0 Å². The van der Waals surface area contributed by atoms with E-state index in [1.165, 1.54) is 71.0 Å². The molecule has 1 aromatic carbocycles. The van der Waals surface area contributed by atoms with Gasteiger partial charge in [-0.1, -0.05) is 25.1 Å². The number of benzene rings is 1. The van der Waals surface area contributed by atoms with Crippen molar-refractivity contribution >= 4 is 0 Å². The quantitative estimate of drug-likeness (QED) is 0.774. The van der Waals surface area contributed by atoms with Crippen molar-refractivity contribution in [3.8, 4) is 0 Å². The second-order valence-corrected chi connectivity index (χ2v) is 6.73. The summed E-state index contributed by atoms with van der Waals surface area (Å²) in [6, 6.07) is 7.01. The van der Waals surface area contributed by atoms with Crippen LogP contribution in [0.1, 0.15) is 55.7 Å². The Morgan fingerprint density at radius 1 is 1.15 bits per heavy atom. The van der Waals surface area contributed by atoms with E-state index >= 15 is 0 Å². The van der Waals surface area contributed by atoms with Crippen LogP contribution < -0.4 is 0 Å². The first kappa shape index (κ1) is 14.1. The second kappa shape index (κ2) is 6.76. The largest absolute Gasteiger partial charge is 0.303 e. The van der Waals surface area contributed by atoms with Gasteiger partial charge >= 0.3 is 0 Å². The molecule has 0 N–H and O–H groups in total. The van der Waals surface area contributed by atoms with Gasteiger partial charge in [0, 0.05) is 0 Å². The Kier molecular flexibility index (Phi) is 4.77. The van der Waals surface area contributed by atoms with Crippen LogP contribution in [0.25, 0.3) is 0 Å². The van der Waals surface area contributed by atoms with Crippen molar-refractivity contribution in [2.24, 2.45) is 5.92 Å². The van der Waals surface area contributed by atoms with Crippen molar-refractivity contribution in [1.82, 2.24) is 4.90 Å². The molecule has 1 aliphatic carbocycles. The summed E-state index contributed by atoms with van der Waals surface area (Å²) in [6.45, 7) is 6.28. The SMILES string of the molecule is CCCN1CCC(CCc2cccc3c2CCC3)CC1. The fraction of sp³-hybridized carbons (Fsp3) is 0.684. The monoisotopic (exact) mass is 271 g/mol. The summed E-state index contributed by atoms with van der Waals surface area (Å²) >= 11 is 0. The van der Waals surface area contributed by atoms with Crippen LogP contribution in [0.15, 0.2) is 18.2 Å². The van der Waals surface area contributed by atoms with E-state index in [-0.39, 0.29) is 0 Å². The fourth-order valence-electron chi connectivity index (χ4n) is 4.11. The highest BCUT2D eigenvalue weighted by Gasteiger charge is 2.19. The Labute approximate surface area is 124 Å². The predicted octanol–water partition coefficient (Wildman–Crippen LogP) is 4.23. The lowest BCUT2D eigenvalue weighted by molar-refractivity contribution is 0.179. The molecule has 0 radical (unpaired) electrons. The van der Waals surface area contributed by atoms with E-state index in [9.17, 15) is 0 Å². The van der Waals surface area contributed by atoms with Gasteiger partial charge < -0.3 is 4.90 Å². The minimum absolute atomic E-state index is 0.973. The molecule has 1 aromatic rings. The van der Waals surface area contributed by atoms with Crippen LogP contribution in [0.3, 0.4) is 0 Å². The highest BCUT2D eigenvalue weighted by molar-refractivity contribution is 5.38. The molecule has 0 spiro atoms. The lowest BCUT2D eigenvalue weighted by atomic mass is 9.89. The number of rotatable bonds is 5. The number of piperidine rings is 1. The van der Waals surface area contributed by atoms with Gasteiger partial charge in [0.1, 0.15) is 0 Å². The molecule has 0 bridgehead atoms. The summed E-state index contributed by atoms with van der Waals surface area (Å²) in [5, 5.41) is 0. The Morgan fingerprint density at radius 2 is 2.00 bits per heavy atom. The lowest BCUT2D eigenvalue weighted by Gasteiger charge is -2.31. The summed E-state index contributed by atoms with van der Waals surface area (Å²) in [4.78, 5) is 2.65. The molecule has 1 nitrogen and oxygen atoms in total. The molecule has 0 saturated carbocycles. The number of nitrogens with zero attached hydrogens (tertiary/aromatic N) is 1. The molecule has 1 heterocycles. The summed E-state index contributed by atoms with van der Waals surface area (Å²) in [5.41, 5.74) is 5.01. The van der Waals surface area contributed by atoms with Gasteiger partial charge in [-0.05, 0) is 93.6 Å². The maximum absolute atomic E-state index is 2.65. The summed E-state index contributed by atoms with van der Waals surface area (Å²) in [6.07, 6.45) is 10.9. The third-order valence-electron chi connectivity index (χ3n) is 5.31. The van der Waals surface area contributed by atoms with Crippen LogP contribution in [0, 0.1) is 5.92 Å². The maximum Gasteiger partial charge on any atom is -0.00161 e. The van der Waals surface area contributed by atoms with E-state index in [4.69, 9.17) is 0 Å². The third kappa shape index (κ3) is 3.25. The average Bonchev–Trinajstić information content (AvgIpc) is 2.96. The van der Waals surface area contributed by atoms with Crippen molar-refractivity contribution in [3.05, 3.63) is 34.9 Å². The number of hydrogen-bond donors (Lipinski definition) is 0. The van der Waals surface area contributed by atoms with Crippen molar-refractivity contribution in [1.29, 1.82) is 0 Å². The first-order valence-electron chi connectivity index (χ1n) is 8.69. The van der Waals surface area contributed by atoms with Gasteiger partial charge in [-0.3, -0.25) is 0 Å². The average molecular weight is 271 g/mol. The molecule has 0 amide bonds. The molecule has 1 heteroatoms. The third-order valence-corrected chi connectivity index (χ3v) is 5.31. The van der Waals surface area contributed by atoms with E-state index in [0.717, 1.165) is 5.92 Å². The highest BCUT2D eigenvalue weighted by atomic mass is 15.1.